The molecule has 1 heterocycles. The van der Waals surface area contributed by atoms with Crippen molar-refractivity contribution in [3.8, 4) is 0 Å². The van der Waals surface area contributed by atoms with Crippen molar-refractivity contribution in [2.45, 2.75) is 32.1 Å². The first kappa shape index (κ1) is 17.5. The zero-order chi connectivity index (χ0) is 15.9. The number of nitrogens with one attached hydrogen (secondary N) is 1. The minimum atomic E-state index is 0.286. The van der Waals surface area contributed by atoms with Crippen molar-refractivity contribution in [1.82, 2.24) is 10.2 Å². The molecular weight excluding hydrogens is 292 g/mol. The van der Waals surface area contributed by atoms with Crippen LogP contribution in [0, 0.1) is 12.8 Å². The molecule has 1 fully saturated rings. The minimum absolute atomic E-state index is 0.286. The minimum Gasteiger partial charge on any atom is -0.314 e. The zero-order valence-corrected chi connectivity index (χ0v) is 14.8. The third kappa shape index (κ3) is 5.41. The van der Waals surface area contributed by atoms with Gasteiger partial charge in [0.1, 0.15) is 0 Å². The van der Waals surface area contributed by atoms with E-state index in [1.165, 1.54) is 5.56 Å². The number of Topliss-reactive ketones (excluding diaryl/α,β-unsaturated/α-hetero) is 1. The lowest BCUT2D eigenvalue weighted by Crippen LogP contribution is -2.44. The molecule has 0 unspecified atom stereocenters. The van der Waals surface area contributed by atoms with E-state index >= 15 is 0 Å². The van der Waals surface area contributed by atoms with E-state index in [1.807, 2.05) is 11.8 Å². The van der Waals surface area contributed by atoms with Crippen LogP contribution in [-0.2, 0) is 0 Å². The van der Waals surface area contributed by atoms with E-state index in [9.17, 15) is 4.79 Å². The topological polar surface area (TPSA) is 32.3 Å². The standard InChI is InChI=1S/C18H28N2OS/c1-14(2)13-22-18-5-4-15(3)12-16(18)17(21)6-9-20-10-7-19-8-11-20/h4-5,12,14,19H,6-11,13H2,1-3H3. The number of aryl methyl sites for hydroxylation is 1. The first-order valence-electron chi connectivity index (χ1n) is 8.26. The summed E-state index contributed by atoms with van der Waals surface area (Å²) < 4.78 is 0. The number of benzene rings is 1. The molecule has 4 heteroatoms. The predicted molar refractivity (Wildman–Crippen MR) is 95.0 cm³/mol. The first-order chi connectivity index (χ1) is 10.6. The van der Waals surface area contributed by atoms with Gasteiger partial charge in [-0.2, -0.15) is 0 Å². The van der Waals surface area contributed by atoms with Crippen LogP contribution >= 0.6 is 11.8 Å². The summed E-state index contributed by atoms with van der Waals surface area (Å²) >= 11 is 1.81. The lowest BCUT2D eigenvalue weighted by atomic mass is 10.1. The van der Waals surface area contributed by atoms with E-state index < -0.39 is 0 Å². The third-order valence-corrected chi connectivity index (χ3v) is 5.37. The highest BCUT2D eigenvalue weighted by Crippen LogP contribution is 2.26. The van der Waals surface area contributed by atoms with Crippen molar-refractivity contribution in [3.05, 3.63) is 29.3 Å². The quantitative estimate of drug-likeness (QED) is 0.617. The Bertz CT molecular complexity index is 496. The van der Waals surface area contributed by atoms with Crippen molar-refractivity contribution in [2.75, 3.05) is 38.5 Å². The number of hydrogen-bond acceptors (Lipinski definition) is 4. The number of thioether (sulfide) groups is 1. The molecule has 0 bridgehead atoms. The number of carbonyl (C=O) groups is 1. The monoisotopic (exact) mass is 320 g/mol. The average Bonchev–Trinajstić information content (AvgIpc) is 2.52. The fourth-order valence-corrected chi connectivity index (χ4v) is 3.58. The van der Waals surface area contributed by atoms with Crippen LogP contribution in [0.25, 0.3) is 0 Å². The summed E-state index contributed by atoms with van der Waals surface area (Å²) in [6.45, 7) is 11.5. The Balaban J connectivity index is 1.98. The van der Waals surface area contributed by atoms with E-state index in [2.05, 4.69) is 49.2 Å². The summed E-state index contributed by atoms with van der Waals surface area (Å²) in [7, 11) is 0. The summed E-state index contributed by atoms with van der Waals surface area (Å²) in [5.74, 6) is 1.98. The van der Waals surface area contributed by atoms with Crippen molar-refractivity contribution >= 4 is 17.5 Å². The van der Waals surface area contributed by atoms with E-state index in [-0.39, 0.29) is 5.78 Å². The molecule has 22 heavy (non-hydrogen) atoms. The Kier molecular flexibility index (Phi) is 6.93. The van der Waals surface area contributed by atoms with Crippen LogP contribution in [0.2, 0.25) is 0 Å². The first-order valence-corrected chi connectivity index (χ1v) is 9.24. The molecule has 3 nitrogen and oxygen atoms in total. The molecule has 0 spiro atoms. The molecule has 1 aromatic carbocycles. The van der Waals surface area contributed by atoms with E-state index in [4.69, 9.17) is 0 Å². The molecular formula is C18H28N2OS. The highest BCUT2D eigenvalue weighted by Gasteiger charge is 2.15. The van der Waals surface area contributed by atoms with Gasteiger partial charge in [0.05, 0.1) is 0 Å². The van der Waals surface area contributed by atoms with Gasteiger partial charge < -0.3 is 10.2 Å². The molecule has 1 saturated heterocycles. The van der Waals surface area contributed by atoms with Crippen molar-refractivity contribution in [1.29, 1.82) is 0 Å². The van der Waals surface area contributed by atoms with Gasteiger partial charge in [-0.1, -0.05) is 25.5 Å². The molecule has 0 aromatic heterocycles. The van der Waals surface area contributed by atoms with Gasteiger partial charge in [0.25, 0.3) is 0 Å². The average molecular weight is 321 g/mol. The van der Waals surface area contributed by atoms with Gasteiger partial charge in [0, 0.05) is 55.4 Å². The highest BCUT2D eigenvalue weighted by molar-refractivity contribution is 7.99. The number of hydrogen-bond donors (Lipinski definition) is 1. The van der Waals surface area contributed by atoms with Gasteiger partial charge >= 0.3 is 0 Å². The summed E-state index contributed by atoms with van der Waals surface area (Å²) in [6, 6.07) is 6.28. The Morgan fingerprint density at radius 3 is 2.73 bits per heavy atom. The molecule has 0 amide bonds. The summed E-state index contributed by atoms with van der Waals surface area (Å²) in [6.07, 6.45) is 0.624. The Labute approximate surface area is 138 Å². The molecule has 1 aliphatic rings. The van der Waals surface area contributed by atoms with Gasteiger partial charge in [-0.3, -0.25) is 4.79 Å². The van der Waals surface area contributed by atoms with Crippen LogP contribution < -0.4 is 5.32 Å². The molecule has 0 atom stereocenters. The maximum Gasteiger partial charge on any atom is 0.165 e. The van der Waals surface area contributed by atoms with Crippen LogP contribution in [0.5, 0.6) is 0 Å². The number of piperazine rings is 1. The van der Waals surface area contributed by atoms with Gasteiger partial charge in [0.2, 0.25) is 0 Å². The normalized spacial score (nSPS) is 16.2. The molecule has 2 rings (SSSR count). The van der Waals surface area contributed by atoms with Crippen molar-refractivity contribution < 1.29 is 4.79 Å². The number of ketones is 1. The number of carbonyl (C=O) groups excluding carboxylic acids is 1. The number of nitrogens with zero attached hydrogens (tertiary/aromatic N) is 1. The van der Waals surface area contributed by atoms with Crippen LogP contribution in [0.3, 0.4) is 0 Å². The van der Waals surface area contributed by atoms with Crippen molar-refractivity contribution in [2.24, 2.45) is 5.92 Å². The fraction of sp³-hybridized carbons (Fsp3) is 0.611. The molecule has 1 aliphatic heterocycles. The van der Waals surface area contributed by atoms with Gasteiger partial charge in [-0.05, 0) is 25.0 Å². The van der Waals surface area contributed by atoms with Crippen LogP contribution in [0.15, 0.2) is 23.1 Å². The Morgan fingerprint density at radius 2 is 2.05 bits per heavy atom. The Morgan fingerprint density at radius 1 is 1.32 bits per heavy atom. The fourth-order valence-electron chi connectivity index (χ4n) is 2.57. The number of rotatable bonds is 7. The maximum absolute atomic E-state index is 12.6. The molecule has 1 N–H and O–H groups in total. The Hall–Kier alpha value is -0.840. The molecule has 0 aliphatic carbocycles. The van der Waals surface area contributed by atoms with Crippen molar-refractivity contribution in [3.63, 3.8) is 0 Å². The third-order valence-electron chi connectivity index (χ3n) is 3.87. The van der Waals surface area contributed by atoms with E-state index in [0.717, 1.165) is 48.9 Å². The predicted octanol–water partition coefficient (Wildman–Crippen LogP) is 3.22. The van der Waals surface area contributed by atoms with E-state index in [0.29, 0.717) is 12.3 Å². The largest absolute Gasteiger partial charge is 0.314 e. The maximum atomic E-state index is 12.6. The van der Waals surface area contributed by atoms with Gasteiger partial charge in [-0.15, -0.1) is 11.8 Å². The van der Waals surface area contributed by atoms with Crippen LogP contribution in [0.1, 0.15) is 36.2 Å². The second-order valence-electron chi connectivity index (χ2n) is 6.47. The lowest BCUT2D eigenvalue weighted by molar-refractivity contribution is 0.0957. The summed E-state index contributed by atoms with van der Waals surface area (Å²) in [5.41, 5.74) is 2.08. The molecule has 122 valence electrons. The molecule has 1 aromatic rings. The lowest BCUT2D eigenvalue weighted by Gasteiger charge is -2.26. The SMILES string of the molecule is Cc1ccc(SCC(C)C)c(C(=O)CCN2CCNCC2)c1. The summed E-state index contributed by atoms with van der Waals surface area (Å²) in [5, 5.41) is 3.35. The van der Waals surface area contributed by atoms with Gasteiger partial charge in [0.15, 0.2) is 5.78 Å². The van der Waals surface area contributed by atoms with Crippen LogP contribution in [0.4, 0.5) is 0 Å². The highest BCUT2D eigenvalue weighted by atomic mass is 32.2. The second-order valence-corrected chi connectivity index (χ2v) is 7.53. The molecule has 0 radical (unpaired) electrons. The van der Waals surface area contributed by atoms with Crippen LogP contribution in [-0.4, -0.2) is 49.2 Å². The smallest absolute Gasteiger partial charge is 0.165 e. The zero-order valence-electron chi connectivity index (χ0n) is 14.0. The van der Waals surface area contributed by atoms with Gasteiger partial charge in [-0.25, -0.2) is 0 Å². The second kappa shape index (κ2) is 8.70. The summed E-state index contributed by atoms with van der Waals surface area (Å²) in [4.78, 5) is 16.2. The van der Waals surface area contributed by atoms with E-state index in [1.54, 1.807) is 0 Å². The molecule has 0 saturated carbocycles.